The second-order valence-electron chi connectivity index (χ2n) is 4.52. The molecule has 2 heterocycles. The third-order valence-electron chi connectivity index (χ3n) is 3.31. The zero-order chi connectivity index (χ0) is 13.9. The van der Waals surface area contributed by atoms with Gasteiger partial charge in [0.2, 0.25) is 0 Å². The van der Waals surface area contributed by atoms with Crippen molar-refractivity contribution in [3.05, 3.63) is 0 Å². The van der Waals surface area contributed by atoms with Crippen molar-refractivity contribution in [3.63, 3.8) is 0 Å². The smallest absolute Gasteiger partial charge is 0.327 e. The molecule has 0 aromatic rings. The van der Waals surface area contributed by atoms with Crippen LogP contribution in [0.4, 0.5) is 4.79 Å². The van der Waals surface area contributed by atoms with Gasteiger partial charge in [0.15, 0.2) is 6.61 Å². The van der Waals surface area contributed by atoms with Gasteiger partial charge in [0.25, 0.3) is 5.91 Å². The largest absolute Gasteiger partial charge is 0.451 e. The van der Waals surface area contributed by atoms with E-state index in [1.165, 1.54) is 0 Å². The number of esters is 1. The van der Waals surface area contributed by atoms with Gasteiger partial charge in [0.1, 0.15) is 12.1 Å². The summed E-state index contributed by atoms with van der Waals surface area (Å²) >= 11 is 0. The van der Waals surface area contributed by atoms with E-state index >= 15 is 0 Å². The molecule has 0 atom stereocenters. The highest BCUT2D eigenvalue weighted by atomic mass is 16.5. The number of rotatable bonds is 3. The molecule has 3 amide bonds. The van der Waals surface area contributed by atoms with Gasteiger partial charge in [-0.25, -0.2) is 4.79 Å². The van der Waals surface area contributed by atoms with Gasteiger partial charge in [0, 0.05) is 0 Å². The summed E-state index contributed by atoms with van der Waals surface area (Å²) in [4.78, 5) is 36.4. The summed E-state index contributed by atoms with van der Waals surface area (Å²) in [5, 5.41) is 5.80. The Balaban J connectivity index is 2.02. The van der Waals surface area contributed by atoms with Crippen molar-refractivity contribution in [2.45, 2.75) is 18.4 Å². The number of hydrogen-bond acceptors (Lipinski definition) is 5. The van der Waals surface area contributed by atoms with Crippen molar-refractivity contribution < 1.29 is 19.1 Å². The zero-order valence-corrected chi connectivity index (χ0v) is 10.4. The molecular weight excluding hydrogens is 250 g/mol. The van der Waals surface area contributed by atoms with E-state index in [2.05, 4.69) is 21.3 Å². The molecule has 0 radical (unpaired) electrons. The second kappa shape index (κ2) is 5.28. The Kier molecular flexibility index (Phi) is 3.71. The number of nitrogens with one attached hydrogen (secondary N) is 2. The molecule has 2 saturated heterocycles. The molecule has 2 aliphatic heterocycles. The third kappa shape index (κ3) is 2.53. The van der Waals surface area contributed by atoms with Crippen LogP contribution in [0.5, 0.6) is 0 Å². The summed E-state index contributed by atoms with van der Waals surface area (Å²) < 4.78 is 4.66. The molecule has 0 saturated carbocycles. The Labute approximate surface area is 110 Å². The fourth-order valence-corrected chi connectivity index (χ4v) is 2.31. The molecule has 2 rings (SSSR count). The first-order valence-corrected chi connectivity index (χ1v) is 6.03. The van der Waals surface area contributed by atoms with Crippen LogP contribution in [0.3, 0.4) is 0 Å². The maximum Gasteiger partial charge on any atom is 0.327 e. The van der Waals surface area contributed by atoms with Crippen molar-refractivity contribution in [1.82, 2.24) is 15.5 Å². The highest BCUT2D eigenvalue weighted by molar-refractivity contribution is 6.08. The van der Waals surface area contributed by atoms with Crippen molar-refractivity contribution >= 4 is 17.9 Å². The molecular formula is C12H15N3O4. The molecule has 2 fully saturated rings. The molecule has 0 aliphatic carbocycles. The SMILES string of the molecule is C#CCOC(=O)CN1C(=O)NC2(CCNCC2)C1=O. The number of hydrogen-bond donors (Lipinski definition) is 2. The number of piperidine rings is 1. The topological polar surface area (TPSA) is 87.7 Å². The molecule has 0 unspecified atom stereocenters. The molecule has 7 nitrogen and oxygen atoms in total. The number of imide groups is 1. The van der Waals surface area contributed by atoms with Gasteiger partial charge in [-0.15, -0.1) is 6.42 Å². The van der Waals surface area contributed by atoms with Gasteiger partial charge in [-0.2, -0.15) is 0 Å². The van der Waals surface area contributed by atoms with E-state index in [1.807, 2.05) is 0 Å². The Hall–Kier alpha value is -2.07. The fraction of sp³-hybridized carbons (Fsp3) is 0.583. The minimum Gasteiger partial charge on any atom is -0.451 e. The van der Waals surface area contributed by atoms with Gasteiger partial charge in [-0.05, 0) is 25.9 Å². The van der Waals surface area contributed by atoms with Crippen LogP contribution in [0, 0.1) is 12.3 Å². The average Bonchev–Trinajstić information content (AvgIpc) is 2.62. The highest BCUT2D eigenvalue weighted by Gasteiger charge is 2.51. The van der Waals surface area contributed by atoms with Gasteiger partial charge < -0.3 is 15.4 Å². The maximum absolute atomic E-state index is 12.3. The number of carbonyl (C=O) groups excluding carboxylic acids is 3. The highest BCUT2D eigenvalue weighted by Crippen LogP contribution is 2.26. The standard InChI is InChI=1S/C12H15N3O4/c1-2-7-19-9(16)8-15-10(17)12(14-11(15)18)3-5-13-6-4-12/h1,13H,3-8H2,(H,14,18). The third-order valence-corrected chi connectivity index (χ3v) is 3.31. The summed E-state index contributed by atoms with van der Waals surface area (Å²) in [5.41, 5.74) is -0.866. The minimum atomic E-state index is -0.866. The molecule has 2 aliphatic rings. The normalized spacial score (nSPS) is 21.1. The number of nitrogens with zero attached hydrogens (tertiary/aromatic N) is 1. The van der Waals surface area contributed by atoms with Crippen LogP contribution in [0.25, 0.3) is 0 Å². The van der Waals surface area contributed by atoms with E-state index in [4.69, 9.17) is 6.42 Å². The second-order valence-corrected chi connectivity index (χ2v) is 4.52. The van der Waals surface area contributed by atoms with E-state index < -0.39 is 24.1 Å². The number of amides is 3. The average molecular weight is 265 g/mol. The molecule has 0 aromatic heterocycles. The lowest BCUT2D eigenvalue weighted by Gasteiger charge is -2.30. The van der Waals surface area contributed by atoms with E-state index in [0.717, 1.165) is 4.90 Å². The van der Waals surface area contributed by atoms with Gasteiger partial charge in [-0.1, -0.05) is 5.92 Å². The maximum atomic E-state index is 12.3. The zero-order valence-electron chi connectivity index (χ0n) is 10.4. The van der Waals surface area contributed by atoms with E-state index in [9.17, 15) is 14.4 Å². The number of ether oxygens (including phenoxy) is 1. The number of urea groups is 1. The lowest BCUT2D eigenvalue weighted by Crippen LogP contribution is -2.54. The van der Waals surface area contributed by atoms with E-state index in [1.54, 1.807) is 0 Å². The fourth-order valence-electron chi connectivity index (χ4n) is 2.31. The van der Waals surface area contributed by atoms with Crippen LogP contribution in [0.1, 0.15) is 12.8 Å². The van der Waals surface area contributed by atoms with Crippen molar-refractivity contribution in [1.29, 1.82) is 0 Å². The Morgan fingerprint density at radius 3 is 2.74 bits per heavy atom. The molecule has 7 heteroatoms. The monoisotopic (exact) mass is 265 g/mol. The van der Waals surface area contributed by atoms with Crippen LogP contribution in [-0.2, 0) is 14.3 Å². The van der Waals surface area contributed by atoms with Crippen LogP contribution in [0.2, 0.25) is 0 Å². The summed E-state index contributed by atoms with van der Waals surface area (Å²) in [6.07, 6.45) is 6.00. The molecule has 102 valence electrons. The Morgan fingerprint density at radius 1 is 1.42 bits per heavy atom. The first-order chi connectivity index (χ1) is 9.09. The first kappa shape index (κ1) is 13.4. The van der Waals surface area contributed by atoms with Gasteiger partial charge >= 0.3 is 12.0 Å². The predicted molar refractivity (Wildman–Crippen MR) is 64.9 cm³/mol. The van der Waals surface area contributed by atoms with E-state index in [-0.39, 0.29) is 12.5 Å². The van der Waals surface area contributed by atoms with Crippen molar-refractivity contribution in [2.75, 3.05) is 26.2 Å². The van der Waals surface area contributed by atoms with Crippen molar-refractivity contribution in [3.8, 4) is 12.3 Å². The van der Waals surface area contributed by atoms with Gasteiger partial charge in [-0.3, -0.25) is 14.5 Å². The number of carbonyl (C=O) groups is 3. The molecule has 19 heavy (non-hydrogen) atoms. The van der Waals surface area contributed by atoms with E-state index in [0.29, 0.717) is 25.9 Å². The van der Waals surface area contributed by atoms with Gasteiger partial charge in [0.05, 0.1) is 0 Å². The lowest BCUT2D eigenvalue weighted by molar-refractivity contribution is -0.146. The summed E-state index contributed by atoms with van der Waals surface area (Å²) in [6, 6.07) is -0.551. The quantitative estimate of drug-likeness (QED) is 0.382. The summed E-state index contributed by atoms with van der Waals surface area (Å²) in [6.45, 7) is 0.738. The van der Waals surface area contributed by atoms with Crippen LogP contribution >= 0.6 is 0 Å². The number of terminal acetylenes is 1. The lowest BCUT2D eigenvalue weighted by atomic mass is 9.88. The first-order valence-electron chi connectivity index (χ1n) is 6.03. The minimum absolute atomic E-state index is 0.169. The van der Waals surface area contributed by atoms with Crippen LogP contribution < -0.4 is 10.6 Å². The summed E-state index contributed by atoms with van der Waals surface area (Å²) in [5.74, 6) is 1.10. The van der Waals surface area contributed by atoms with Crippen molar-refractivity contribution in [2.24, 2.45) is 0 Å². The summed E-state index contributed by atoms with van der Waals surface area (Å²) in [7, 11) is 0. The molecule has 1 spiro atoms. The van der Waals surface area contributed by atoms with Crippen LogP contribution in [-0.4, -0.2) is 54.6 Å². The van der Waals surface area contributed by atoms with Crippen LogP contribution in [0.15, 0.2) is 0 Å². The Bertz CT molecular complexity index is 448. The molecule has 0 aromatic carbocycles. The molecule has 2 N–H and O–H groups in total. The Morgan fingerprint density at radius 2 is 2.11 bits per heavy atom. The molecule has 0 bridgehead atoms. The predicted octanol–water partition coefficient (Wildman–Crippen LogP) is -1.16.